The third kappa shape index (κ3) is 2.43. The minimum absolute atomic E-state index is 0.531. The van der Waals surface area contributed by atoms with E-state index in [1.807, 2.05) is 29.8 Å². The highest BCUT2D eigenvalue weighted by Gasteiger charge is 2.09. The van der Waals surface area contributed by atoms with Crippen molar-refractivity contribution in [3.05, 3.63) is 77.6 Å². The molecule has 2 aromatic carbocycles. The van der Waals surface area contributed by atoms with Crippen LogP contribution in [0.5, 0.6) is 0 Å². The molecule has 0 amide bonds. The van der Waals surface area contributed by atoms with Crippen LogP contribution >= 0.6 is 0 Å². The Morgan fingerprint density at radius 3 is 2.40 bits per heavy atom. The molecule has 0 radical (unpaired) electrons. The molecular formula is C17H17N3. The molecule has 3 aromatic rings. The van der Waals surface area contributed by atoms with Gasteiger partial charge in [0, 0.05) is 6.20 Å². The first-order valence-corrected chi connectivity index (χ1v) is 6.68. The number of hydrogen-bond acceptors (Lipinski definition) is 2. The van der Waals surface area contributed by atoms with E-state index in [9.17, 15) is 0 Å². The minimum Gasteiger partial charge on any atom is -0.369 e. The largest absolute Gasteiger partial charge is 0.369 e. The second-order valence-corrected chi connectivity index (χ2v) is 4.90. The van der Waals surface area contributed by atoms with Crippen molar-refractivity contribution in [2.45, 2.75) is 13.3 Å². The lowest BCUT2D eigenvalue weighted by Gasteiger charge is -2.11. The number of hydrogen-bond donors (Lipinski definition) is 1. The standard InChI is InChI=1S/C17H17N3/c1-13-12-20(17(18)19-13)16-10-6-5-9-15(16)11-14-7-3-2-4-8-14/h2-10,12H,11H2,1H3,(H2,18,19). The van der Waals surface area contributed by atoms with E-state index < -0.39 is 0 Å². The highest BCUT2D eigenvalue weighted by atomic mass is 15.1. The second-order valence-electron chi connectivity index (χ2n) is 4.90. The Kier molecular flexibility index (Phi) is 3.25. The Labute approximate surface area is 118 Å². The molecule has 0 saturated heterocycles. The molecular weight excluding hydrogens is 246 g/mol. The third-order valence-electron chi connectivity index (χ3n) is 3.34. The lowest BCUT2D eigenvalue weighted by molar-refractivity contribution is 1.03. The van der Waals surface area contributed by atoms with Crippen LogP contribution in [0.4, 0.5) is 5.95 Å². The summed E-state index contributed by atoms with van der Waals surface area (Å²) in [6, 6.07) is 18.7. The zero-order valence-corrected chi connectivity index (χ0v) is 11.5. The zero-order chi connectivity index (χ0) is 13.9. The summed E-state index contributed by atoms with van der Waals surface area (Å²) in [6.45, 7) is 1.95. The molecule has 0 fully saturated rings. The summed E-state index contributed by atoms with van der Waals surface area (Å²) < 4.78 is 1.95. The summed E-state index contributed by atoms with van der Waals surface area (Å²) in [5, 5.41) is 0. The van der Waals surface area contributed by atoms with Crippen molar-refractivity contribution in [2.24, 2.45) is 0 Å². The fourth-order valence-electron chi connectivity index (χ4n) is 2.42. The van der Waals surface area contributed by atoms with Crippen molar-refractivity contribution in [2.75, 3.05) is 5.73 Å². The van der Waals surface area contributed by atoms with Crippen LogP contribution in [0.25, 0.3) is 5.69 Å². The number of aromatic nitrogens is 2. The van der Waals surface area contributed by atoms with Crippen LogP contribution in [-0.2, 0) is 6.42 Å². The van der Waals surface area contributed by atoms with E-state index in [2.05, 4.69) is 47.4 Å². The fraction of sp³-hybridized carbons (Fsp3) is 0.118. The lowest BCUT2D eigenvalue weighted by atomic mass is 10.0. The molecule has 0 aliphatic carbocycles. The van der Waals surface area contributed by atoms with E-state index in [4.69, 9.17) is 5.73 Å². The van der Waals surface area contributed by atoms with Crippen LogP contribution in [0.3, 0.4) is 0 Å². The van der Waals surface area contributed by atoms with E-state index in [0.717, 1.165) is 17.8 Å². The Morgan fingerprint density at radius 1 is 1.00 bits per heavy atom. The maximum Gasteiger partial charge on any atom is 0.205 e. The van der Waals surface area contributed by atoms with Gasteiger partial charge in [0.05, 0.1) is 11.4 Å². The third-order valence-corrected chi connectivity index (χ3v) is 3.34. The minimum atomic E-state index is 0.531. The SMILES string of the molecule is Cc1cn(-c2ccccc2Cc2ccccc2)c(N)n1. The van der Waals surface area contributed by atoms with Gasteiger partial charge < -0.3 is 5.73 Å². The molecule has 3 heteroatoms. The van der Waals surface area contributed by atoms with Gasteiger partial charge in [0.25, 0.3) is 0 Å². The predicted octanol–water partition coefficient (Wildman–Crippen LogP) is 3.35. The van der Waals surface area contributed by atoms with E-state index >= 15 is 0 Å². The highest BCUT2D eigenvalue weighted by molar-refractivity contribution is 5.48. The normalized spacial score (nSPS) is 10.7. The maximum atomic E-state index is 5.99. The average molecular weight is 263 g/mol. The molecule has 0 unspecified atom stereocenters. The zero-order valence-electron chi connectivity index (χ0n) is 11.5. The number of nitrogens with two attached hydrogens (primary N) is 1. The highest BCUT2D eigenvalue weighted by Crippen LogP contribution is 2.21. The fourth-order valence-corrected chi connectivity index (χ4v) is 2.42. The average Bonchev–Trinajstić information content (AvgIpc) is 2.79. The summed E-state index contributed by atoms with van der Waals surface area (Å²) >= 11 is 0. The van der Waals surface area contributed by atoms with Gasteiger partial charge in [-0.25, -0.2) is 4.98 Å². The molecule has 0 aliphatic heterocycles. The molecule has 0 spiro atoms. The van der Waals surface area contributed by atoms with Gasteiger partial charge in [-0.15, -0.1) is 0 Å². The summed E-state index contributed by atoms with van der Waals surface area (Å²) in [5.41, 5.74) is 10.5. The number of rotatable bonds is 3. The van der Waals surface area contributed by atoms with Gasteiger partial charge in [0.1, 0.15) is 0 Å². The quantitative estimate of drug-likeness (QED) is 0.787. The van der Waals surface area contributed by atoms with Gasteiger partial charge in [-0.05, 0) is 30.5 Å². The van der Waals surface area contributed by atoms with Crippen LogP contribution in [0.1, 0.15) is 16.8 Å². The molecule has 0 saturated carbocycles. The summed E-state index contributed by atoms with van der Waals surface area (Å²) in [4.78, 5) is 4.28. The molecule has 0 aliphatic rings. The van der Waals surface area contributed by atoms with E-state index in [1.165, 1.54) is 11.1 Å². The number of nitrogens with zero attached hydrogens (tertiary/aromatic N) is 2. The maximum absolute atomic E-state index is 5.99. The number of imidazole rings is 1. The summed E-state index contributed by atoms with van der Waals surface area (Å²) in [5.74, 6) is 0.531. The monoisotopic (exact) mass is 263 g/mol. The first-order valence-electron chi connectivity index (χ1n) is 6.68. The molecule has 20 heavy (non-hydrogen) atoms. The molecule has 100 valence electrons. The second kappa shape index (κ2) is 5.21. The van der Waals surface area contributed by atoms with Crippen molar-refractivity contribution in [3.63, 3.8) is 0 Å². The van der Waals surface area contributed by atoms with Gasteiger partial charge in [-0.1, -0.05) is 48.5 Å². The molecule has 0 bridgehead atoms. The Balaban J connectivity index is 2.03. The first-order chi connectivity index (χ1) is 9.74. The lowest BCUT2D eigenvalue weighted by Crippen LogP contribution is -2.03. The van der Waals surface area contributed by atoms with Gasteiger partial charge in [-0.3, -0.25) is 4.57 Å². The van der Waals surface area contributed by atoms with Gasteiger partial charge >= 0.3 is 0 Å². The number of aryl methyl sites for hydroxylation is 1. The predicted molar refractivity (Wildman–Crippen MR) is 82.0 cm³/mol. The summed E-state index contributed by atoms with van der Waals surface area (Å²) in [6.07, 6.45) is 2.85. The van der Waals surface area contributed by atoms with Crippen molar-refractivity contribution in [1.82, 2.24) is 9.55 Å². The van der Waals surface area contributed by atoms with Gasteiger partial charge in [-0.2, -0.15) is 0 Å². The van der Waals surface area contributed by atoms with E-state index in [1.54, 1.807) is 0 Å². The van der Waals surface area contributed by atoms with Crippen LogP contribution < -0.4 is 5.73 Å². The molecule has 2 N–H and O–H groups in total. The van der Waals surface area contributed by atoms with Crippen LogP contribution in [0.2, 0.25) is 0 Å². The Hall–Kier alpha value is -2.55. The smallest absolute Gasteiger partial charge is 0.205 e. The summed E-state index contributed by atoms with van der Waals surface area (Å²) in [7, 11) is 0. The van der Waals surface area contributed by atoms with Crippen molar-refractivity contribution >= 4 is 5.95 Å². The Morgan fingerprint density at radius 2 is 1.70 bits per heavy atom. The van der Waals surface area contributed by atoms with E-state index in [0.29, 0.717) is 5.95 Å². The van der Waals surface area contributed by atoms with Gasteiger partial charge in [0.2, 0.25) is 5.95 Å². The molecule has 1 heterocycles. The van der Waals surface area contributed by atoms with Crippen LogP contribution in [0.15, 0.2) is 60.8 Å². The Bertz CT molecular complexity index is 714. The first kappa shape index (κ1) is 12.5. The van der Waals surface area contributed by atoms with Crippen molar-refractivity contribution in [1.29, 1.82) is 0 Å². The molecule has 3 nitrogen and oxygen atoms in total. The van der Waals surface area contributed by atoms with Crippen LogP contribution in [0, 0.1) is 6.92 Å². The van der Waals surface area contributed by atoms with Crippen molar-refractivity contribution in [3.8, 4) is 5.69 Å². The van der Waals surface area contributed by atoms with Gasteiger partial charge in [0.15, 0.2) is 0 Å². The number of benzene rings is 2. The topological polar surface area (TPSA) is 43.8 Å². The van der Waals surface area contributed by atoms with Crippen molar-refractivity contribution < 1.29 is 0 Å². The van der Waals surface area contributed by atoms with Crippen LogP contribution in [-0.4, -0.2) is 9.55 Å². The van der Waals surface area contributed by atoms with E-state index in [-0.39, 0.29) is 0 Å². The number of para-hydroxylation sites is 1. The molecule has 0 atom stereocenters. The number of nitrogen functional groups attached to an aromatic ring is 1. The molecule has 1 aromatic heterocycles. The molecule has 3 rings (SSSR count). The number of anilines is 1.